The van der Waals surface area contributed by atoms with Gasteiger partial charge >= 0.3 is 0 Å². The van der Waals surface area contributed by atoms with Crippen LogP contribution in [0.4, 0.5) is 15.8 Å². The highest BCUT2D eigenvalue weighted by atomic mass is 19.1. The van der Waals surface area contributed by atoms with Crippen molar-refractivity contribution < 1.29 is 9.18 Å². The fourth-order valence-corrected chi connectivity index (χ4v) is 3.00. The van der Waals surface area contributed by atoms with E-state index in [1.807, 2.05) is 6.07 Å². The maximum Gasteiger partial charge on any atom is 0.247 e. The number of amides is 1. The van der Waals surface area contributed by atoms with Crippen LogP contribution < -0.4 is 10.6 Å². The first-order valence-electron chi connectivity index (χ1n) is 6.61. The molecule has 4 heteroatoms. The fourth-order valence-electron chi connectivity index (χ4n) is 3.00. The van der Waals surface area contributed by atoms with Gasteiger partial charge in [0.15, 0.2) is 0 Å². The van der Waals surface area contributed by atoms with Gasteiger partial charge in [-0.15, -0.1) is 0 Å². The Hall–Kier alpha value is -1.58. The van der Waals surface area contributed by atoms with Gasteiger partial charge in [0, 0.05) is 0 Å². The summed E-state index contributed by atoms with van der Waals surface area (Å²) in [6.45, 7) is 0. The first-order valence-corrected chi connectivity index (χ1v) is 6.61. The van der Waals surface area contributed by atoms with Gasteiger partial charge in [-0.1, -0.05) is 25.3 Å². The molecule has 0 spiro atoms. The van der Waals surface area contributed by atoms with Crippen LogP contribution in [0.25, 0.3) is 0 Å². The van der Waals surface area contributed by atoms with Crippen LogP contribution in [-0.4, -0.2) is 11.9 Å². The molecule has 1 atom stereocenters. The van der Waals surface area contributed by atoms with Gasteiger partial charge in [-0.3, -0.25) is 4.79 Å². The Labute approximate surface area is 106 Å². The number of anilines is 2. The van der Waals surface area contributed by atoms with Crippen LogP contribution in [0.1, 0.15) is 32.1 Å². The molecule has 2 aliphatic rings. The van der Waals surface area contributed by atoms with Gasteiger partial charge in [-0.2, -0.15) is 0 Å². The molecule has 1 saturated carbocycles. The Bertz CT molecular complexity index is 469. The molecule has 1 aliphatic carbocycles. The van der Waals surface area contributed by atoms with Gasteiger partial charge in [-0.05, 0) is 30.9 Å². The predicted octanol–water partition coefficient (Wildman–Crippen LogP) is 3.14. The number of hydrogen-bond acceptors (Lipinski definition) is 2. The van der Waals surface area contributed by atoms with Gasteiger partial charge in [0.05, 0.1) is 5.69 Å². The van der Waals surface area contributed by atoms with Crippen molar-refractivity contribution in [2.24, 2.45) is 5.92 Å². The second-order valence-corrected chi connectivity index (χ2v) is 5.17. The summed E-state index contributed by atoms with van der Waals surface area (Å²) in [6.07, 6.45) is 5.79. The molecule has 0 radical (unpaired) electrons. The average Bonchev–Trinajstić information content (AvgIpc) is 2.40. The molecule has 1 aromatic carbocycles. The summed E-state index contributed by atoms with van der Waals surface area (Å²) < 4.78 is 13.6. The van der Waals surface area contributed by atoms with Crippen molar-refractivity contribution in [1.82, 2.24) is 0 Å². The average molecular weight is 248 g/mol. The van der Waals surface area contributed by atoms with E-state index in [9.17, 15) is 9.18 Å². The Morgan fingerprint density at radius 2 is 1.94 bits per heavy atom. The molecule has 1 amide bonds. The largest absolute Gasteiger partial charge is 0.372 e. The highest BCUT2D eigenvalue weighted by Crippen LogP contribution is 2.35. The summed E-state index contributed by atoms with van der Waals surface area (Å²) in [7, 11) is 0. The molecule has 0 bridgehead atoms. The lowest BCUT2D eigenvalue weighted by Crippen LogP contribution is -2.45. The second-order valence-electron chi connectivity index (χ2n) is 5.17. The lowest BCUT2D eigenvalue weighted by Gasteiger charge is -2.34. The molecule has 2 N–H and O–H groups in total. The first kappa shape index (κ1) is 11.5. The predicted molar refractivity (Wildman–Crippen MR) is 69.0 cm³/mol. The van der Waals surface area contributed by atoms with Crippen LogP contribution in [0.15, 0.2) is 18.2 Å². The van der Waals surface area contributed by atoms with E-state index in [0.717, 1.165) is 12.8 Å². The van der Waals surface area contributed by atoms with E-state index in [2.05, 4.69) is 10.6 Å². The van der Waals surface area contributed by atoms with E-state index >= 15 is 0 Å². The number of para-hydroxylation sites is 1. The van der Waals surface area contributed by atoms with E-state index in [1.165, 1.54) is 25.3 Å². The van der Waals surface area contributed by atoms with Crippen molar-refractivity contribution in [2.75, 3.05) is 10.6 Å². The lowest BCUT2D eigenvalue weighted by atomic mass is 9.83. The first-order chi connectivity index (χ1) is 8.75. The number of halogens is 1. The number of benzene rings is 1. The maximum absolute atomic E-state index is 13.6. The Morgan fingerprint density at radius 3 is 2.72 bits per heavy atom. The van der Waals surface area contributed by atoms with Crippen molar-refractivity contribution in [3.05, 3.63) is 24.0 Å². The monoisotopic (exact) mass is 248 g/mol. The maximum atomic E-state index is 13.6. The molecule has 3 rings (SSSR count). The fraction of sp³-hybridized carbons (Fsp3) is 0.500. The van der Waals surface area contributed by atoms with Crippen LogP contribution >= 0.6 is 0 Å². The molecular weight excluding hydrogens is 231 g/mol. The summed E-state index contributed by atoms with van der Waals surface area (Å²) >= 11 is 0. The van der Waals surface area contributed by atoms with E-state index in [-0.39, 0.29) is 23.5 Å². The van der Waals surface area contributed by atoms with Gasteiger partial charge in [0.2, 0.25) is 5.91 Å². The van der Waals surface area contributed by atoms with Crippen molar-refractivity contribution >= 4 is 17.3 Å². The van der Waals surface area contributed by atoms with E-state index in [4.69, 9.17) is 0 Å². The van der Waals surface area contributed by atoms with E-state index in [1.54, 1.807) is 6.07 Å². The topological polar surface area (TPSA) is 41.1 Å². The Balaban J connectivity index is 1.85. The standard InChI is InChI=1S/C14H17FN2O/c15-10-7-4-8-11-13(10)17-14(18)12(16-11)9-5-2-1-3-6-9/h4,7-9,12,16H,1-3,5-6H2,(H,17,18). The lowest BCUT2D eigenvalue weighted by molar-refractivity contribution is -0.118. The minimum Gasteiger partial charge on any atom is -0.372 e. The van der Waals surface area contributed by atoms with Crippen LogP contribution in [0, 0.1) is 11.7 Å². The number of carbonyl (C=O) groups is 1. The quantitative estimate of drug-likeness (QED) is 0.801. The number of carbonyl (C=O) groups excluding carboxylic acids is 1. The molecule has 96 valence electrons. The van der Waals surface area contributed by atoms with Crippen molar-refractivity contribution in [3.8, 4) is 0 Å². The highest BCUT2D eigenvalue weighted by Gasteiger charge is 2.33. The molecule has 1 aromatic rings. The molecule has 3 nitrogen and oxygen atoms in total. The van der Waals surface area contributed by atoms with E-state index in [0.29, 0.717) is 11.6 Å². The summed E-state index contributed by atoms with van der Waals surface area (Å²) in [6, 6.07) is 4.63. The third-order valence-corrected chi connectivity index (χ3v) is 3.98. The van der Waals surface area contributed by atoms with Gasteiger partial charge < -0.3 is 10.6 Å². The van der Waals surface area contributed by atoms with Gasteiger partial charge in [-0.25, -0.2) is 4.39 Å². The summed E-state index contributed by atoms with van der Waals surface area (Å²) in [5.74, 6) is -0.106. The second kappa shape index (κ2) is 4.59. The normalized spacial score (nSPS) is 24.1. The number of hydrogen-bond donors (Lipinski definition) is 2. The number of rotatable bonds is 1. The van der Waals surface area contributed by atoms with Crippen LogP contribution in [0.3, 0.4) is 0 Å². The zero-order valence-electron chi connectivity index (χ0n) is 10.2. The summed E-state index contributed by atoms with van der Waals surface area (Å²) in [5, 5.41) is 5.90. The molecule has 0 saturated heterocycles. The molecular formula is C14H17FN2O. The van der Waals surface area contributed by atoms with Crippen LogP contribution in [0.5, 0.6) is 0 Å². The molecule has 1 heterocycles. The van der Waals surface area contributed by atoms with Gasteiger partial charge in [0.1, 0.15) is 17.5 Å². The highest BCUT2D eigenvalue weighted by molar-refractivity contribution is 6.03. The smallest absolute Gasteiger partial charge is 0.247 e. The molecule has 1 fully saturated rings. The van der Waals surface area contributed by atoms with Crippen molar-refractivity contribution in [2.45, 2.75) is 38.1 Å². The van der Waals surface area contributed by atoms with Crippen molar-refractivity contribution in [1.29, 1.82) is 0 Å². The van der Waals surface area contributed by atoms with Crippen LogP contribution in [0.2, 0.25) is 0 Å². The minimum absolute atomic E-state index is 0.0977. The Kier molecular flexibility index (Phi) is 2.94. The van der Waals surface area contributed by atoms with Gasteiger partial charge in [0.25, 0.3) is 0 Å². The zero-order chi connectivity index (χ0) is 12.5. The summed E-state index contributed by atoms with van der Waals surface area (Å²) in [4.78, 5) is 12.1. The molecule has 0 aromatic heterocycles. The summed E-state index contributed by atoms with van der Waals surface area (Å²) in [5.41, 5.74) is 0.986. The third-order valence-electron chi connectivity index (χ3n) is 3.98. The van der Waals surface area contributed by atoms with Crippen LogP contribution in [-0.2, 0) is 4.79 Å². The number of nitrogens with one attached hydrogen (secondary N) is 2. The molecule has 18 heavy (non-hydrogen) atoms. The van der Waals surface area contributed by atoms with Crippen molar-refractivity contribution in [3.63, 3.8) is 0 Å². The SMILES string of the molecule is O=C1Nc2c(F)cccc2NC1C1CCCCC1. The zero-order valence-corrected chi connectivity index (χ0v) is 10.2. The number of fused-ring (bicyclic) bond motifs is 1. The van der Waals surface area contributed by atoms with E-state index < -0.39 is 0 Å². The minimum atomic E-state index is -0.379. The Morgan fingerprint density at radius 1 is 1.17 bits per heavy atom. The molecule has 1 unspecified atom stereocenters. The molecule has 1 aliphatic heterocycles. The third kappa shape index (κ3) is 1.96.